The van der Waals surface area contributed by atoms with E-state index >= 15 is 0 Å². The third kappa shape index (κ3) is 4.55. The molecule has 2 aromatic rings. The SMILES string of the molecule is CN(CCOc1ccc(Nc2ccccn2)c2c1CCCC2)C(C)(C)C. The zero-order valence-corrected chi connectivity index (χ0v) is 16.5. The van der Waals surface area contributed by atoms with Crippen LogP contribution in [-0.4, -0.2) is 35.6 Å². The molecule has 0 saturated heterocycles. The minimum atomic E-state index is 0.166. The van der Waals surface area contributed by atoms with Crippen LogP contribution in [0.5, 0.6) is 5.75 Å². The minimum Gasteiger partial charge on any atom is -0.492 e. The van der Waals surface area contributed by atoms with Crippen molar-refractivity contribution in [1.29, 1.82) is 0 Å². The first kappa shape index (κ1) is 18.7. The average Bonchev–Trinajstić information content (AvgIpc) is 2.63. The monoisotopic (exact) mass is 353 g/mol. The van der Waals surface area contributed by atoms with Crippen molar-refractivity contribution in [2.45, 2.75) is 52.0 Å². The van der Waals surface area contributed by atoms with E-state index < -0.39 is 0 Å². The standard InChI is InChI=1S/C22H31N3O/c1-22(2,3)25(4)15-16-26-20-13-12-19(17-9-5-6-10-18(17)20)24-21-11-7-8-14-23-21/h7-8,11-14H,5-6,9-10,15-16H2,1-4H3,(H,23,24). The van der Waals surface area contributed by atoms with Crippen molar-refractivity contribution in [2.75, 3.05) is 25.5 Å². The number of nitrogens with zero attached hydrogens (tertiary/aromatic N) is 2. The van der Waals surface area contributed by atoms with Gasteiger partial charge in [-0.05, 0) is 88.9 Å². The van der Waals surface area contributed by atoms with Gasteiger partial charge in [-0.3, -0.25) is 4.90 Å². The molecule has 0 radical (unpaired) electrons. The van der Waals surface area contributed by atoms with Crippen molar-refractivity contribution >= 4 is 11.5 Å². The van der Waals surface area contributed by atoms with E-state index in [9.17, 15) is 0 Å². The van der Waals surface area contributed by atoms with E-state index in [1.807, 2.05) is 24.4 Å². The Morgan fingerprint density at radius 2 is 1.85 bits per heavy atom. The highest BCUT2D eigenvalue weighted by atomic mass is 16.5. The molecule has 4 heteroatoms. The first-order valence-corrected chi connectivity index (χ1v) is 9.62. The summed E-state index contributed by atoms with van der Waals surface area (Å²) in [6.45, 7) is 8.33. The molecule has 0 bridgehead atoms. The second-order valence-corrected chi connectivity index (χ2v) is 8.06. The number of aromatic nitrogens is 1. The third-order valence-corrected chi connectivity index (χ3v) is 5.25. The van der Waals surface area contributed by atoms with Crippen LogP contribution >= 0.6 is 0 Å². The van der Waals surface area contributed by atoms with Crippen molar-refractivity contribution in [3.63, 3.8) is 0 Å². The predicted molar refractivity (Wildman–Crippen MR) is 108 cm³/mol. The van der Waals surface area contributed by atoms with E-state index in [1.165, 1.54) is 24.0 Å². The highest BCUT2D eigenvalue weighted by molar-refractivity contribution is 5.65. The van der Waals surface area contributed by atoms with Gasteiger partial charge in [-0.25, -0.2) is 4.98 Å². The van der Waals surface area contributed by atoms with Crippen LogP contribution in [0.3, 0.4) is 0 Å². The molecule has 0 saturated carbocycles. The number of likely N-dealkylation sites (N-methyl/N-ethyl adjacent to an activating group) is 1. The quantitative estimate of drug-likeness (QED) is 0.808. The lowest BCUT2D eigenvalue weighted by atomic mass is 9.89. The number of benzene rings is 1. The van der Waals surface area contributed by atoms with Gasteiger partial charge in [0.05, 0.1) is 0 Å². The fraction of sp³-hybridized carbons (Fsp3) is 0.500. The molecule has 1 N–H and O–H groups in total. The summed E-state index contributed by atoms with van der Waals surface area (Å²) in [7, 11) is 2.15. The molecule has 140 valence electrons. The van der Waals surface area contributed by atoms with E-state index in [-0.39, 0.29) is 5.54 Å². The van der Waals surface area contributed by atoms with Gasteiger partial charge in [-0.15, -0.1) is 0 Å². The largest absolute Gasteiger partial charge is 0.492 e. The van der Waals surface area contributed by atoms with Gasteiger partial charge in [0.2, 0.25) is 0 Å². The van der Waals surface area contributed by atoms with Crippen LogP contribution in [0.1, 0.15) is 44.7 Å². The van der Waals surface area contributed by atoms with Crippen molar-refractivity contribution in [3.8, 4) is 5.75 Å². The predicted octanol–water partition coefficient (Wildman–Crippen LogP) is 4.81. The number of hydrogen-bond acceptors (Lipinski definition) is 4. The summed E-state index contributed by atoms with van der Waals surface area (Å²) < 4.78 is 6.19. The second-order valence-electron chi connectivity index (χ2n) is 8.06. The average molecular weight is 354 g/mol. The van der Waals surface area contributed by atoms with E-state index in [0.717, 1.165) is 36.6 Å². The molecule has 1 aromatic carbocycles. The van der Waals surface area contributed by atoms with Crippen LogP contribution in [0.2, 0.25) is 0 Å². The summed E-state index contributed by atoms with van der Waals surface area (Å²) in [6.07, 6.45) is 6.48. The second kappa shape index (κ2) is 8.09. The summed E-state index contributed by atoms with van der Waals surface area (Å²) in [4.78, 5) is 6.72. The Kier molecular flexibility index (Phi) is 5.82. The van der Waals surface area contributed by atoms with Crippen LogP contribution in [0.15, 0.2) is 36.5 Å². The molecule has 0 aliphatic heterocycles. The Bertz CT molecular complexity index is 722. The number of nitrogens with one attached hydrogen (secondary N) is 1. The van der Waals surface area contributed by atoms with Gasteiger partial charge in [0, 0.05) is 24.0 Å². The normalized spacial score (nSPS) is 14.2. The van der Waals surface area contributed by atoms with Crippen molar-refractivity contribution in [3.05, 3.63) is 47.7 Å². The molecule has 4 nitrogen and oxygen atoms in total. The molecule has 0 fully saturated rings. The van der Waals surface area contributed by atoms with Crippen LogP contribution in [0, 0.1) is 0 Å². The molecule has 1 aliphatic carbocycles. The van der Waals surface area contributed by atoms with Crippen LogP contribution in [0.4, 0.5) is 11.5 Å². The zero-order chi connectivity index (χ0) is 18.6. The maximum atomic E-state index is 6.19. The van der Waals surface area contributed by atoms with Crippen LogP contribution in [-0.2, 0) is 12.8 Å². The maximum absolute atomic E-state index is 6.19. The number of rotatable bonds is 6. The molecular formula is C22H31N3O. The first-order valence-electron chi connectivity index (χ1n) is 9.62. The Hall–Kier alpha value is -2.07. The van der Waals surface area contributed by atoms with Gasteiger partial charge in [0.15, 0.2) is 0 Å². The number of pyridine rings is 1. The van der Waals surface area contributed by atoms with Gasteiger partial charge in [-0.2, -0.15) is 0 Å². The summed E-state index contributed by atoms with van der Waals surface area (Å²) >= 11 is 0. The molecule has 0 amide bonds. The molecular weight excluding hydrogens is 322 g/mol. The van der Waals surface area contributed by atoms with Gasteiger partial charge < -0.3 is 10.1 Å². The number of hydrogen-bond donors (Lipinski definition) is 1. The van der Waals surface area contributed by atoms with E-state index in [1.54, 1.807) is 0 Å². The van der Waals surface area contributed by atoms with Gasteiger partial charge in [-0.1, -0.05) is 6.07 Å². The lowest BCUT2D eigenvalue weighted by molar-refractivity contribution is 0.144. The molecule has 0 unspecified atom stereocenters. The lowest BCUT2D eigenvalue weighted by Crippen LogP contribution is -2.40. The van der Waals surface area contributed by atoms with Crippen LogP contribution < -0.4 is 10.1 Å². The van der Waals surface area contributed by atoms with Gasteiger partial charge in [0.1, 0.15) is 18.2 Å². The first-order chi connectivity index (χ1) is 12.4. The Morgan fingerprint density at radius 1 is 1.08 bits per heavy atom. The fourth-order valence-electron chi connectivity index (χ4n) is 3.29. The molecule has 0 spiro atoms. The Morgan fingerprint density at radius 3 is 2.54 bits per heavy atom. The topological polar surface area (TPSA) is 37.4 Å². The van der Waals surface area contributed by atoms with Crippen LogP contribution in [0.25, 0.3) is 0 Å². The van der Waals surface area contributed by atoms with E-state index in [0.29, 0.717) is 6.61 Å². The Balaban J connectivity index is 1.74. The maximum Gasteiger partial charge on any atom is 0.130 e. The highest BCUT2D eigenvalue weighted by Crippen LogP contribution is 2.36. The summed E-state index contributed by atoms with van der Waals surface area (Å²) in [5.41, 5.74) is 4.09. The Labute approximate surface area is 157 Å². The van der Waals surface area contributed by atoms with Gasteiger partial charge in [0.25, 0.3) is 0 Å². The number of ether oxygens (including phenoxy) is 1. The van der Waals surface area contributed by atoms with Crippen molar-refractivity contribution < 1.29 is 4.74 Å². The summed E-state index contributed by atoms with van der Waals surface area (Å²) in [5.74, 6) is 1.94. The third-order valence-electron chi connectivity index (χ3n) is 5.25. The molecule has 1 heterocycles. The van der Waals surface area contributed by atoms with Crippen molar-refractivity contribution in [2.24, 2.45) is 0 Å². The van der Waals surface area contributed by atoms with Crippen molar-refractivity contribution in [1.82, 2.24) is 9.88 Å². The minimum absolute atomic E-state index is 0.166. The lowest BCUT2D eigenvalue weighted by Gasteiger charge is -2.32. The molecule has 1 aromatic heterocycles. The highest BCUT2D eigenvalue weighted by Gasteiger charge is 2.20. The number of anilines is 2. The molecule has 0 atom stereocenters. The number of fused-ring (bicyclic) bond motifs is 1. The van der Waals surface area contributed by atoms with E-state index in [2.05, 4.69) is 55.2 Å². The fourth-order valence-corrected chi connectivity index (χ4v) is 3.29. The molecule has 26 heavy (non-hydrogen) atoms. The summed E-state index contributed by atoms with van der Waals surface area (Å²) in [5, 5.41) is 3.48. The molecule has 3 rings (SSSR count). The van der Waals surface area contributed by atoms with E-state index in [4.69, 9.17) is 4.74 Å². The molecule has 1 aliphatic rings. The van der Waals surface area contributed by atoms with Gasteiger partial charge >= 0.3 is 0 Å². The zero-order valence-electron chi connectivity index (χ0n) is 16.5. The smallest absolute Gasteiger partial charge is 0.130 e. The summed E-state index contributed by atoms with van der Waals surface area (Å²) in [6, 6.07) is 10.2.